The second-order valence-corrected chi connectivity index (χ2v) is 9.67. The fraction of sp³-hybridized carbons (Fsp3) is 0.448. The molecule has 0 aliphatic carbocycles. The van der Waals surface area contributed by atoms with Crippen molar-refractivity contribution in [1.29, 1.82) is 5.26 Å². The molecule has 2 aliphatic rings. The van der Waals surface area contributed by atoms with E-state index in [1.54, 1.807) is 13.2 Å². The third-order valence-electron chi connectivity index (χ3n) is 7.34. The fourth-order valence-corrected chi connectivity index (χ4v) is 5.12. The summed E-state index contributed by atoms with van der Waals surface area (Å²) in [5.41, 5.74) is 3.15. The highest BCUT2D eigenvalue weighted by atomic mass is 16.5. The van der Waals surface area contributed by atoms with E-state index in [9.17, 15) is 5.26 Å². The van der Waals surface area contributed by atoms with Crippen LogP contribution in [0, 0.1) is 11.3 Å². The molecule has 0 spiro atoms. The van der Waals surface area contributed by atoms with Crippen molar-refractivity contribution in [2.24, 2.45) is 0 Å². The number of nitrogens with zero attached hydrogens (tertiary/aromatic N) is 5. The summed E-state index contributed by atoms with van der Waals surface area (Å²) in [7, 11) is 1.67. The third-order valence-corrected chi connectivity index (χ3v) is 7.34. The smallest absolute Gasteiger partial charge is 0.218 e. The molecule has 2 aromatic heterocycles. The number of likely N-dealkylation sites (tertiary alicyclic amines) is 1. The Morgan fingerprint density at radius 3 is 2.61 bits per heavy atom. The Hall–Kier alpha value is -3.74. The van der Waals surface area contributed by atoms with Crippen LogP contribution in [-0.2, 0) is 4.74 Å². The summed E-state index contributed by atoms with van der Waals surface area (Å²) in [5, 5.41) is 13.0. The van der Waals surface area contributed by atoms with Gasteiger partial charge >= 0.3 is 0 Å². The maximum Gasteiger partial charge on any atom is 0.218 e. The highest BCUT2D eigenvalue weighted by molar-refractivity contribution is 5.67. The van der Waals surface area contributed by atoms with Gasteiger partial charge in [-0.2, -0.15) is 10.2 Å². The van der Waals surface area contributed by atoms with Crippen molar-refractivity contribution in [3.63, 3.8) is 0 Å². The van der Waals surface area contributed by atoms with Crippen LogP contribution in [-0.4, -0.2) is 65.9 Å². The highest BCUT2D eigenvalue weighted by Gasteiger charge is 2.23. The lowest BCUT2D eigenvalue weighted by Crippen LogP contribution is -2.32. The largest absolute Gasteiger partial charge is 0.489 e. The zero-order chi connectivity index (χ0) is 26.3. The molecule has 0 bridgehead atoms. The molecule has 0 atom stereocenters. The lowest BCUT2D eigenvalue weighted by atomic mass is 9.90. The minimum atomic E-state index is 0.0663. The Kier molecular flexibility index (Phi) is 8.31. The number of rotatable bonds is 8. The van der Waals surface area contributed by atoms with Gasteiger partial charge in [-0.05, 0) is 68.7 Å². The Balaban J connectivity index is 1.30. The second-order valence-electron chi connectivity index (χ2n) is 9.67. The summed E-state index contributed by atoms with van der Waals surface area (Å²) in [4.78, 5) is 16.0. The van der Waals surface area contributed by atoms with Crippen molar-refractivity contribution >= 4 is 11.6 Å². The first kappa shape index (κ1) is 25.9. The number of nitriles is 1. The molecule has 198 valence electrons. The minimum absolute atomic E-state index is 0.0663. The monoisotopic (exact) mass is 514 g/mol. The predicted octanol–water partition coefficient (Wildman–Crippen LogP) is 4.92. The minimum Gasteiger partial charge on any atom is -0.489 e. The van der Waals surface area contributed by atoms with E-state index in [2.05, 4.69) is 39.2 Å². The van der Waals surface area contributed by atoms with Crippen LogP contribution in [0.25, 0.3) is 11.3 Å². The molecule has 1 aromatic carbocycles. The Morgan fingerprint density at radius 2 is 1.87 bits per heavy atom. The van der Waals surface area contributed by atoms with E-state index in [1.165, 1.54) is 6.33 Å². The molecule has 0 radical (unpaired) electrons. The molecule has 3 aromatic rings. The Bertz CT molecular complexity index is 1280. The van der Waals surface area contributed by atoms with Crippen LogP contribution >= 0.6 is 0 Å². The molecule has 2 fully saturated rings. The van der Waals surface area contributed by atoms with Gasteiger partial charge in [0.05, 0.1) is 31.6 Å². The standard InChI is InChI=1S/C29H34N6O3/c1-3-35-12-8-20(9-13-35)24-5-7-27(34-29(24)36-2)33-28-17-25(31-19-32-28)21-4-6-26(22(16-21)18-30)38-23-10-14-37-15-11-23/h4-7,16-17,19-20,23H,3,8-15H2,1-2H3,(H,31,32,33,34). The lowest BCUT2D eigenvalue weighted by molar-refractivity contribution is 0.0254. The van der Waals surface area contributed by atoms with Crippen molar-refractivity contribution in [1.82, 2.24) is 19.9 Å². The summed E-state index contributed by atoms with van der Waals surface area (Å²) in [6.07, 6.45) is 5.44. The zero-order valence-corrected chi connectivity index (χ0v) is 22.0. The summed E-state index contributed by atoms with van der Waals surface area (Å²) >= 11 is 0. The van der Waals surface area contributed by atoms with Crippen LogP contribution < -0.4 is 14.8 Å². The first-order valence-electron chi connectivity index (χ1n) is 13.3. The van der Waals surface area contributed by atoms with Crippen molar-refractivity contribution in [2.45, 2.75) is 44.6 Å². The van der Waals surface area contributed by atoms with Crippen LogP contribution in [0.1, 0.15) is 49.7 Å². The highest BCUT2D eigenvalue weighted by Crippen LogP contribution is 2.34. The van der Waals surface area contributed by atoms with Gasteiger partial charge in [0.25, 0.3) is 0 Å². The maximum absolute atomic E-state index is 9.74. The van der Waals surface area contributed by atoms with Crippen LogP contribution in [0.4, 0.5) is 11.6 Å². The number of pyridine rings is 1. The van der Waals surface area contributed by atoms with Crippen molar-refractivity contribution in [2.75, 3.05) is 45.3 Å². The number of benzene rings is 1. The normalized spacial score (nSPS) is 17.1. The molecule has 5 rings (SSSR count). The van der Waals surface area contributed by atoms with Crippen LogP contribution in [0.3, 0.4) is 0 Å². The lowest BCUT2D eigenvalue weighted by Gasteiger charge is -2.31. The molecule has 9 heteroatoms. The molecule has 2 saturated heterocycles. The second kappa shape index (κ2) is 12.2. The van der Waals surface area contributed by atoms with Crippen LogP contribution in [0.2, 0.25) is 0 Å². The number of methoxy groups -OCH3 is 1. The van der Waals surface area contributed by atoms with E-state index in [0.717, 1.165) is 56.4 Å². The third kappa shape index (κ3) is 6.04. The topological polar surface area (TPSA) is 105 Å². The SMILES string of the molecule is CCN1CCC(c2ccc(Nc3cc(-c4ccc(OC5CCOCC5)c(C#N)c4)ncn3)nc2OC)CC1. The predicted molar refractivity (Wildman–Crippen MR) is 145 cm³/mol. The zero-order valence-electron chi connectivity index (χ0n) is 22.0. The van der Waals surface area contributed by atoms with E-state index in [1.807, 2.05) is 24.3 Å². The van der Waals surface area contributed by atoms with Crippen LogP contribution in [0.15, 0.2) is 42.7 Å². The molecule has 0 unspecified atom stereocenters. The number of ether oxygens (including phenoxy) is 3. The number of hydrogen-bond donors (Lipinski definition) is 1. The number of hydrogen-bond acceptors (Lipinski definition) is 9. The number of anilines is 2. The van der Waals surface area contributed by atoms with Gasteiger partial charge in [0.2, 0.25) is 5.88 Å². The van der Waals surface area contributed by atoms with E-state index in [0.29, 0.717) is 53.7 Å². The first-order chi connectivity index (χ1) is 18.7. The molecular weight excluding hydrogens is 480 g/mol. The first-order valence-corrected chi connectivity index (χ1v) is 13.3. The number of piperidine rings is 1. The average Bonchev–Trinajstić information content (AvgIpc) is 2.98. The maximum atomic E-state index is 9.74. The van der Waals surface area contributed by atoms with E-state index in [-0.39, 0.29) is 6.10 Å². The van der Waals surface area contributed by atoms with Gasteiger partial charge < -0.3 is 24.4 Å². The fourth-order valence-electron chi connectivity index (χ4n) is 5.12. The Labute approximate surface area is 223 Å². The molecule has 1 N–H and O–H groups in total. The van der Waals surface area contributed by atoms with Crippen molar-refractivity contribution in [3.8, 4) is 29.0 Å². The number of aromatic nitrogens is 3. The van der Waals surface area contributed by atoms with E-state index in [4.69, 9.17) is 19.2 Å². The van der Waals surface area contributed by atoms with Gasteiger partial charge in [-0.25, -0.2) is 9.97 Å². The van der Waals surface area contributed by atoms with Crippen molar-refractivity contribution in [3.05, 3.63) is 53.9 Å². The molecule has 38 heavy (non-hydrogen) atoms. The quantitative estimate of drug-likeness (QED) is 0.448. The Morgan fingerprint density at radius 1 is 1.05 bits per heavy atom. The van der Waals surface area contributed by atoms with E-state index >= 15 is 0 Å². The van der Waals surface area contributed by atoms with Crippen molar-refractivity contribution < 1.29 is 14.2 Å². The van der Waals surface area contributed by atoms with E-state index < -0.39 is 0 Å². The van der Waals surface area contributed by atoms with Gasteiger partial charge in [-0.1, -0.05) is 6.92 Å². The molecule has 9 nitrogen and oxygen atoms in total. The summed E-state index contributed by atoms with van der Waals surface area (Å²) in [6.45, 7) is 6.88. The van der Waals surface area contributed by atoms with Gasteiger partial charge in [0.15, 0.2) is 0 Å². The summed E-state index contributed by atoms with van der Waals surface area (Å²) in [6, 6.07) is 13.8. The summed E-state index contributed by atoms with van der Waals surface area (Å²) in [5.74, 6) is 2.95. The van der Waals surface area contributed by atoms with Gasteiger partial charge in [0, 0.05) is 30.0 Å². The van der Waals surface area contributed by atoms with Gasteiger partial charge in [-0.3, -0.25) is 0 Å². The molecule has 2 aliphatic heterocycles. The molecule has 0 saturated carbocycles. The molecule has 0 amide bonds. The van der Waals surface area contributed by atoms with Gasteiger partial charge in [0.1, 0.15) is 35.9 Å². The average molecular weight is 515 g/mol. The van der Waals surface area contributed by atoms with Crippen LogP contribution in [0.5, 0.6) is 11.6 Å². The molecule has 4 heterocycles. The van der Waals surface area contributed by atoms with Gasteiger partial charge in [-0.15, -0.1) is 0 Å². The number of nitrogens with one attached hydrogen (secondary N) is 1. The summed E-state index contributed by atoms with van der Waals surface area (Å²) < 4.78 is 17.2. The molecular formula is C29H34N6O3.